The molecule has 4 rings (SSSR count). The van der Waals surface area contributed by atoms with Crippen LogP contribution in [0.3, 0.4) is 0 Å². The van der Waals surface area contributed by atoms with Crippen LogP contribution in [0.4, 0.5) is 5.69 Å². The number of hydrogen-bond donors (Lipinski definition) is 2. The molecule has 2 amide bonds. The molecule has 0 aliphatic heterocycles. The van der Waals surface area contributed by atoms with Crippen LogP contribution in [0.15, 0.2) is 73.1 Å². The molecule has 30 heavy (non-hydrogen) atoms. The summed E-state index contributed by atoms with van der Waals surface area (Å²) >= 11 is 0. The number of imidazole rings is 1. The van der Waals surface area contributed by atoms with Crippen molar-refractivity contribution >= 4 is 23.0 Å². The fraction of sp³-hybridized carbons (Fsp3) is 0.130. The lowest BCUT2D eigenvalue weighted by molar-refractivity contribution is 0.0939. The second-order valence-corrected chi connectivity index (χ2v) is 6.75. The number of carbonyl (C=O) groups is 2. The van der Waals surface area contributed by atoms with Gasteiger partial charge in [0.2, 0.25) is 5.82 Å². The van der Waals surface area contributed by atoms with Gasteiger partial charge in [0.1, 0.15) is 0 Å². The van der Waals surface area contributed by atoms with Crippen molar-refractivity contribution in [3.63, 3.8) is 0 Å². The molecule has 4 aromatic rings. The van der Waals surface area contributed by atoms with E-state index in [0.29, 0.717) is 11.2 Å². The Hall–Kier alpha value is -4.00. The van der Waals surface area contributed by atoms with Crippen molar-refractivity contribution in [1.29, 1.82) is 0 Å². The molecular weight excluding hydrogens is 378 g/mol. The van der Waals surface area contributed by atoms with Gasteiger partial charge < -0.3 is 10.6 Å². The van der Waals surface area contributed by atoms with E-state index in [1.165, 1.54) is 5.56 Å². The Bertz CT molecular complexity index is 1180. The van der Waals surface area contributed by atoms with Crippen LogP contribution in [0.5, 0.6) is 0 Å². The highest BCUT2D eigenvalue weighted by Crippen LogP contribution is 2.17. The van der Waals surface area contributed by atoms with Crippen molar-refractivity contribution < 1.29 is 9.59 Å². The number of nitrogens with zero attached hydrogens (tertiary/aromatic N) is 3. The van der Waals surface area contributed by atoms with Crippen LogP contribution in [-0.4, -0.2) is 26.2 Å². The standard InChI is InChI=1S/C23H21N5O2/c1-2-16-9-11-17(12-10-16)26-22(29)20-19-8-4-6-14-28(19)21(27-20)23(30)25-15-18-7-3-5-13-24-18/h3-14H,2,15H2,1H3,(H,25,30)(H,26,29). The maximum atomic E-state index is 12.9. The smallest absolute Gasteiger partial charge is 0.288 e. The lowest BCUT2D eigenvalue weighted by Crippen LogP contribution is -2.25. The van der Waals surface area contributed by atoms with Gasteiger partial charge in [0.15, 0.2) is 5.69 Å². The Kier molecular flexibility index (Phi) is 5.52. The number of hydrogen-bond acceptors (Lipinski definition) is 4. The van der Waals surface area contributed by atoms with Gasteiger partial charge in [-0.3, -0.25) is 19.0 Å². The van der Waals surface area contributed by atoms with Gasteiger partial charge in [-0.25, -0.2) is 4.98 Å². The Labute approximate surface area is 173 Å². The molecule has 0 atom stereocenters. The van der Waals surface area contributed by atoms with Crippen LogP contribution in [0.2, 0.25) is 0 Å². The average molecular weight is 399 g/mol. The normalized spacial score (nSPS) is 10.7. The average Bonchev–Trinajstić information content (AvgIpc) is 3.19. The Morgan fingerprint density at radius 2 is 1.77 bits per heavy atom. The minimum absolute atomic E-state index is 0.146. The SMILES string of the molecule is CCc1ccc(NC(=O)c2nc(C(=O)NCc3ccccn3)n3ccccc23)cc1. The molecule has 1 aromatic carbocycles. The number of aryl methyl sites for hydroxylation is 1. The molecule has 0 aliphatic carbocycles. The highest BCUT2D eigenvalue weighted by Gasteiger charge is 2.21. The summed E-state index contributed by atoms with van der Waals surface area (Å²) in [6, 6.07) is 18.5. The summed E-state index contributed by atoms with van der Waals surface area (Å²) in [6.07, 6.45) is 4.31. The molecule has 0 fully saturated rings. The first-order valence-corrected chi connectivity index (χ1v) is 9.71. The number of pyridine rings is 2. The summed E-state index contributed by atoms with van der Waals surface area (Å²) < 4.78 is 1.61. The van der Waals surface area contributed by atoms with E-state index in [-0.39, 0.29) is 29.9 Å². The van der Waals surface area contributed by atoms with Crippen molar-refractivity contribution in [2.45, 2.75) is 19.9 Å². The number of amides is 2. The summed E-state index contributed by atoms with van der Waals surface area (Å²) in [5.41, 5.74) is 3.35. The van der Waals surface area contributed by atoms with E-state index in [0.717, 1.165) is 12.1 Å². The molecule has 0 saturated heterocycles. The third-order valence-electron chi connectivity index (χ3n) is 4.74. The first-order valence-electron chi connectivity index (χ1n) is 9.71. The zero-order valence-electron chi connectivity index (χ0n) is 16.5. The molecule has 3 aromatic heterocycles. The number of aromatic nitrogens is 3. The van der Waals surface area contributed by atoms with Crippen molar-refractivity contribution in [1.82, 2.24) is 19.7 Å². The van der Waals surface area contributed by atoms with Gasteiger partial charge in [0.25, 0.3) is 11.8 Å². The van der Waals surface area contributed by atoms with Gasteiger partial charge in [-0.15, -0.1) is 0 Å². The number of nitrogens with one attached hydrogen (secondary N) is 2. The van der Waals surface area contributed by atoms with Gasteiger partial charge in [0.05, 0.1) is 17.8 Å². The monoisotopic (exact) mass is 399 g/mol. The molecule has 0 radical (unpaired) electrons. The van der Waals surface area contributed by atoms with Crippen molar-refractivity contribution in [3.05, 3.63) is 95.8 Å². The Balaban J connectivity index is 1.58. The van der Waals surface area contributed by atoms with Gasteiger partial charge >= 0.3 is 0 Å². The van der Waals surface area contributed by atoms with Crippen LogP contribution >= 0.6 is 0 Å². The molecule has 7 heteroatoms. The summed E-state index contributed by atoms with van der Waals surface area (Å²) in [4.78, 5) is 34.2. The van der Waals surface area contributed by atoms with E-state index < -0.39 is 0 Å². The predicted molar refractivity (Wildman–Crippen MR) is 114 cm³/mol. The molecular formula is C23H21N5O2. The van der Waals surface area contributed by atoms with Crippen LogP contribution in [0, 0.1) is 0 Å². The second-order valence-electron chi connectivity index (χ2n) is 6.75. The summed E-state index contributed by atoms with van der Waals surface area (Å²) in [7, 11) is 0. The number of carbonyl (C=O) groups excluding carboxylic acids is 2. The van der Waals surface area contributed by atoms with E-state index >= 15 is 0 Å². The lowest BCUT2D eigenvalue weighted by atomic mass is 10.1. The molecule has 7 nitrogen and oxygen atoms in total. The second kappa shape index (κ2) is 8.57. The van der Waals surface area contributed by atoms with Crippen LogP contribution in [-0.2, 0) is 13.0 Å². The van der Waals surface area contributed by atoms with E-state index in [1.54, 1.807) is 35.0 Å². The minimum atomic E-state index is -0.381. The third kappa shape index (κ3) is 4.05. The third-order valence-corrected chi connectivity index (χ3v) is 4.74. The van der Waals surface area contributed by atoms with Crippen LogP contribution in [0.25, 0.3) is 5.52 Å². The number of rotatable bonds is 6. The zero-order chi connectivity index (χ0) is 20.9. The molecule has 0 spiro atoms. The van der Waals surface area contributed by atoms with Crippen LogP contribution in [0.1, 0.15) is 39.3 Å². The highest BCUT2D eigenvalue weighted by molar-refractivity contribution is 6.08. The largest absolute Gasteiger partial charge is 0.344 e. The van der Waals surface area contributed by atoms with Gasteiger partial charge in [-0.05, 0) is 48.4 Å². The maximum absolute atomic E-state index is 12.9. The molecule has 150 valence electrons. The summed E-state index contributed by atoms with van der Waals surface area (Å²) in [5, 5.41) is 5.66. The van der Waals surface area contributed by atoms with Gasteiger partial charge in [0, 0.05) is 18.1 Å². The lowest BCUT2D eigenvalue weighted by Gasteiger charge is -2.04. The summed E-state index contributed by atoms with van der Waals surface area (Å²) in [6.45, 7) is 2.35. The van der Waals surface area contributed by atoms with Crippen molar-refractivity contribution in [2.24, 2.45) is 0 Å². The fourth-order valence-electron chi connectivity index (χ4n) is 3.13. The van der Waals surface area contributed by atoms with E-state index in [1.807, 2.05) is 42.5 Å². The van der Waals surface area contributed by atoms with Crippen molar-refractivity contribution in [2.75, 3.05) is 5.32 Å². The first kappa shape index (κ1) is 19.3. The molecule has 0 bridgehead atoms. The molecule has 2 N–H and O–H groups in total. The Morgan fingerprint density at radius 1 is 0.967 bits per heavy atom. The van der Waals surface area contributed by atoms with Crippen LogP contribution < -0.4 is 10.6 Å². The Morgan fingerprint density at radius 3 is 2.50 bits per heavy atom. The number of benzene rings is 1. The topological polar surface area (TPSA) is 88.4 Å². The van der Waals surface area contributed by atoms with E-state index in [9.17, 15) is 9.59 Å². The summed E-state index contributed by atoms with van der Waals surface area (Å²) in [5.74, 6) is -0.604. The van der Waals surface area contributed by atoms with E-state index in [4.69, 9.17) is 0 Å². The maximum Gasteiger partial charge on any atom is 0.288 e. The fourth-order valence-corrected chi connectivity index (χ4v) is 3.13. The van der Waals surface area contributed by atoms with Gasteiger partial charge in [-0.2, -0.15) is 0 Å². The number of anilines is 1. The highest BCUT2D eigenvalue weighted by atomic mass is 16.2. The first-order chi connectivity index (χ1) is 14.7. The molecule has 3 heterocycles. The molecule has 0 saturated carbocycles. The van der Waals surface area contributed by atoms with Gasteiger partial charge in [-0.1, -0.05) is 31.2 Å². The predicted octanol–water partition coefficient (Wildman–Crippen LogP) is 3.47. The van der Waals surface area contributed by atoms with Crippen molar-refractivity contribution in [3.8, 4) is 0 Å². The number of fused-ring (bicyclic) bond motifs is 1. The van der Waals surface area contributed by atoms with E-state index in [2.05, 4.69) is 27.5 Å². The minimum Gasteiger partial charge on any atom is -0.344 e. The molecule has 0 unspecified atom stereocenters. The zero-order valence-corrected chi connectivity index (χ0v) is 16.5. The quantitative estimate of drug-likeness (QED) is 0.520. The molecule has 0 aliphatic rings.